The highest BCUT2D eigenvalue weighted by atomic mass is 16.6. The van der Waals surface area contributed by atoms with Crippen LogP contribution in [0.5, 0.6) is 0 Å². The van der Waals surface area contributed by atoms with Crippen molar-refractivity contribution in [2.24, 2.45) is 0 Å². The number of hydrogen-bond acceptors (Lipinski definition) is 6. The fourth-order valence-electron chi connectivity index (χ4n) is 3.60. The third-order valence-corrected chi connectivity index (χ3v) is 5.45. The molecule has 1 heterocycles. The fraction of sp³-hybridized carbons (Fsp3) is 0.409. The van der Waals surface area contributed by atoms with Crippen molar-refractivity contribution < 1.29 is 14.5 Å². The Morgan fingerprint density at radius 2 is 1.90 bits per heavy atom. The van der Waals surface area contributed by atoms with Crippen LogP contribution >= 0.6 is 0 Å². The number of nitrogens with one attached hydrogen (secondary N) is 2. The summed E-state index contributed by atoms with van der Waals surface area (Å²) in [7, 11) is 0. The second kappa shape index (κ2) is 9.23. The van der Waals surface area contributed by atoms with E-state index < -0.39 is 4.92 Å². The SMILES string of the molecule is O=C(NC(CN1CCOCC1)c1ccccc1)c1ccc(NC2CC2)c([N+](=O)[O-])c1. The van der Waals surface area contributed by atoms with Crippen molar-refractivity contribution in [3.8, 4) is 0 Å². The largest absolute Gasteiger partial charge is 0.379 e. The molecular weight excluding hydrogens is 384 g/mol. The van der Waals surface area contributed by atoms with Crippen molar-refractivity contribution in [1.82, 2.24) is 10.2 Å². The van der Waals surface area contributed by atoms with Crippen LogP contribution in [0.25, 0.3) is 0 Å². The van der Waals surface area contributed by atoms with Crippen molar-refractivity contribution >= 4 is 17.3 Å². The van der Waals surface area contributed by atoms with Gasteiger partial charge in [-0.05, 0) is 30.5 Å². The van der Waals surface area contributed by atoms with Gasteiger partial charge in [0.25, 0.3) is 11.6 Å². The van der Waals surface area contributed by atoms with Gasteiger partial charge in [0.1, 0.15) is 5.69 Å². The summed E-state index contributed by atoms with van der Waals surface area (Å²) in [6, 6.07) is 14.5. The molecule has 2 fully saturated rings. The molecule has 1 unspecified atom stereocenters. The molecule has 4 rings (SSSR count). The molecule has 2 N–H and O–H groups in total. The Balaban J connectivity index is 1.52. The molecule has 1 saturated heterocycles. The molecule has 1 saturated carbocycles. The maximum Gasteiger partial charge on any atom is 0.293 e. The first-order valence-electron chi connectivity index (χ1n) is 10.3. The summed E-state index contributed by atoms with van der Waals surface area (Å²) >= 11 is 0. The van der Waals surface area contributed by atoms with Gasteiger partial charge in [0.15, 0.2) is 0 Å². The van der Waals surface area contributed by atoms with Crippen LogP contribution in [-0.2, 0) is 4.74 Å². The second-order valence-corrected chi connectivity index (χ2v) is 7.76. The Hall–Kier alpha value is -2.97. The molecule has 0 aromatic heterocycles. The highest BCUT2D eigenvalue weighted by Gasteiger charge is 2.26. The third-order valence-electron chi connectivity index (χ3n) is 5.45. The molecule has 1 aliphatic carbocycles. The van der Waals surface area contributed by atoms with Crippen LogP contribution in [0, 0.1) is 10.1 Å². The summed E-state index contributed by atoms with van der Waals surface area (Å²) in [5.41, 5.74) is 1.68. The van der Waals surface area contributed by atoms with Gasteiger partial charge in [-0.25, -0.2) is 0 Å². The van der Waals surface area contributed by atoms with Crippen LogP contribution in [0.4, 0.5) is 11.4 Å². The van der Waals surface area contributed by atoms with Gasteiger partial charge in [0.2, 0.25) is 0 Å². The molecular formula is C22H26N4O4. The molecule has 2 aromatic rings. The minimum Gasteiger partial charge on any atom is -0.379 e. The molecule has 1 aliphatic heterocycles. The van der Waals surface area contributed by atoms with Crippen LogP contribution in [0.3, 0.4) is 0 Å². The van der Waals surface area contributed by atoms with Crippen molar-refractivity contribution in [2.75, 3.05) is 38.2 Å². The van der Waals surface area contributed by atoms with E-state index in [2.05, 4.69) is 15.5 Å². The minimum atomic E-state index is -0.441. The van der Waals surface area contributed by atoms with Gasteiger partial charge in [0, 0.05) is 37.3 Å². The number of nitrogens with zero attached hydrogens (tertiary/aromatic N) is 2. The highest BCUT2D eigenvalue weighted by Crippen LogP contribution is 2.31. The van der Waals surface area contributed by atoms with Gasteiger partial charge in [-0.1, -0.05) is 30.3 Å². The number of carbonyl (C=O) groups is 1. The quantitative estimate of drug-likeness (QED) is 0.513. The summed E-state index contributed by atoms with van der Waals surface area (Å²) < 4.78 is 5.42. The van der Waals surface area contributed by atoms with Crippen LogP contribution in [0.1, 0.15) is 34.8 Å². The predicted octanol–water partition coefficient (Wildman–Crippen LogP) is 2.97. The third kappa shape index (κ3) is 5.14. The van der Waals surface area contributed by atoms with E-state index in [0.29, 0.717) is 31.5 Å². The molecule has 30 heavy (non-hydrogen) atoms. The molecule has 8 heteroatoms. The molecule has 0 spiro atoms. The van der Waals surface area contributed by atoms with Crippen LogP contribution in [-0.4, -0.2) is 54.6 Å². The molecule has 2 aromatic carbocycles. The lowest BCUT2D eigenvalue weighted by Crippen LogP contribution is -2.43. The zero-order valence-electron chi connectivity index (χ0n) is 16.8. The highest BCUT2D eigenvalue weighted by molar-refractivity contribution is 5.96. The van der Waals surface area contributed by atoms with Gasteiger partial charge in [-0.2, -0.15) is 0 Å². The molecule has 0 bridgehead atoms. The fourth-order valence-corrected chi connectivity index (χ4v) is 3.60. The molecule has 8 nitrogen and oxygen atoms in total. The summed E-state index contributed by atoms with van der Waals surface area (Å²) in [5.74, 6) is -0.321. The standard InChI is InChI=1S/C22H26N4O4/c27-22(17-6-9-19(23-18-7-8-18)21(14-17)26(28)29)24-20(16-4-2-1-3-5-16)15-25-10-12-30-13-11-25/h1-6,9,14,18,20,23H,7-8,10-13,15H2,(H,24,27). The van der Waals surface area contributed by atoms with Gasteiger partial charge in [-0.3, -0.25) is 19.8 Å². The average molecular weight is 410 g/mol. The number of rotatable bonds is 8. The van der Waals surface area contributed by atoms with Crippen molar-refractivity contribution in [2.45, 2.75) is 24.9 Å². The second-order valence-electron chi connectivity index (χ2n) is 7.76. The molecule has 1 amide bonds. The zero-order valence-corrected chi connectivity index (χ0v) is 16.8. The van der Waals surface area contributed by atoms with E-state index in [4.69, 9.17) is 4.74 Å². The maximum absolute atomic E-state index is 13.0. The van der Waals surface area contributed by atoms with Crippen LogP contribution in [0.15, 0.2) is 48.5 Å². The van der Waals surface area contributed by atoms with E-state index in [0.717, 1.165) is 31.5 Å². The lowest BCUT2D eigenvalue weighted by molar-refractivity contribution is -0.384. The number of morpholine rings is 1. The Morgan fingerprint density at radius 1 is 1.17 bits per heavy atom. The Labute approximate surface area is 175 Å². The number of nitro benzene ring substituents is 1. The predicted molar refractivity (Wildman–Crippen MR) is 114 cm³/mol. The van der Waals surface area contributed by atoms with Gasteiger partial charge < -0.3 is 15.4 Å². The number of hydrogen-bond donors (Lipinski definition) is 2. The van der Waals surface area contributed by atoms with Gasteiger partial charge in [0.05, 0.1) is 24.2 Å². The van der Waals surface area contributed by atoms with Crippen LogP contribution < -0.4 is 10.6 Å². The van der Waals surface area contributed by atoms with E-state index in [9.17, 15) is 14.9 Å². The summed E-state index contributed by atoms with van der Waals surface area (Å²) in [5, 5.41) is 17.8. The number of carbonyl (C=O) groups excluding carboxylic acids is 1. The first-order valence-corrected chi connectivity index (χ1v) is 10.3. The number of nitro groups is 1. The minimum absolute atomic E-state index is 0.0704. The summed E-state index contributed by atoms with van der Waals surface area (Å²) in [6.07, 6.45) is 2.03. The first kappa shape index (κ1) is 20.3. The Morgan fingerprint density at radius 3 is 2.57 bits per heavy atom. The van der Waals surface area contributed by atoms with E-state index in [1.165, 1.54) is 6.07 Å². The number of anilines is 1. The van der Waals surface area contributed by atoms with Crippen LogP contribution in [0.2, 0.25) is 0 Å². The average Bonchev–Trinajstić information content (AvgIpc) is 3.59. The zero-order chi connectivity index (χ0) is 20.9. The van der Waals surface area contributed by atoms with Crippen molar-refractivity contribution in [3.05, 3.63) is 69.8 Å². The van der Waals surface area contributed by atoms with E-state index in [1.807, 2.05) is 30.3 Å². The lowest BCUT2D eigenvalue weighted by Gasteiger charge is -2.31. The molecule has 158 valence electrons. The number of ether oxygens (including phenoxy) is 1. The molecule has 2 aliphatic rings. The number of amides is 1. The maximum atomic E-state index is 13.0. The first-order chi connectivity index (χ1) is 14.6. The number of benzene rings is 2. The normalized spacial score (nSPS) is 17.9. The monoisotopic (exact) mass is 410 g/mol. The van der Waals surface area contributed by atoms with E-state index in [1.54, 1.807) is 12.1 Å². The summed E-state index contributed by atoms with van der Waals surface area (Å²) in [6.45, 7) is 3.63. The van der Waals surface area contributed by atoms with Gasteiger partial charge in [-0.15, -0.1) is 0 Å². The Kier molecular flexibility index (Phi) is 6.25. The molecule has 0 radical (unpaired) electrons. The Bertz CT molecular complexity index is 895. The smallest absolute Gasteiger partial charge is 0.293 e. The molecule has 1 atom stereocenters. The van der Waals surface area contributed by atoms with Crippen molar-refractivity contribution in [1.29, 1.82) is 0 Å². The topological polar surface area (TPSA) is 96.7 Å². The van der Waals surface area contributed by atoms with E-state index >= 15 is 0 Å². The lowest BCUT2D eigenvalue weighted by atomic mass is 10.0. The summed E-state index contributed by atoms with van der Waals surface area (Å²) in [4.78, 5) is 26.3. The van der Waals surface area contributed by atoms with E-state index in [-0.39, 0.29) is 23.2 Å². The van der Waals surface area contributed by atoms with Crippen molar-refractivity contribution in [3.63, 3.8) is 0 Å². The van der Waals surface area contributed by atoms with Gasteiger partial charge >= 0.3 is 0 Å².